The van der Waals surface area contributed by atoms with Crippen LogP contribution in [0.5, 0.6) is 11.6 Å². The summed E-state index contributed by atoms with van der Waals surface area (Å²) in [4.78, 5) is 7.62. The molecule has 5 rings (SSSR count). The van der Waals surface area contributed by atoms with Crippen molar-refractivity contribution in [1.29, 1.82) is 0 Å². The van der Waals surface area contributed by atoms with Crippen LogP contribution in [-0.4, -0.2) is 30.6 Å². The topological polar surface area (TPSA) is 104 Å². The monoisotopic (exact) mass is 479 g/mol. The van der Waals surface area contributed by atoms with Crippen LogP contribution in [0.15, 0.2) is 77.7 Å². The maximum Gasteiger partial charge on any atom is 0.262 e. The fraction of sp³-hybridized carbons (Fsp3) is 0.0417. The van der Waals surface area contributed by atoms with E-state index in [1.54, 1.807) is 36.4 Å². The van der Waals surface area contributed by atoms with E-state index >= 15 is 0 Å². The highest BCUT2D eigenvalue weighted by Gasteiger charge is 2.19. The molecule has 0 amide bonds. The summed E-state index contributed by atoms with van der Waals surface area (Å²) in [5, 5.41) is 12.5. The SMILES string of the molecule is COc1cccc(S(=O)(=O)Nc2ccc3[nH]c(O)c(-c4cc(Cl)c5ccccc5n4)c3c2)c1. The Morgan fingerprint density at radius 2 is 1.82 bits per heavy atom. The number of rotatable bonds is 5. The number of nitrogens with zero attached hydrogens (tertiary/aromatic N) is 1. The van der Waals surface area contributed by atoms with Gasteiger partial charge in [-0.15, -0.1) is 0 Å². The lowest BCUT2D eigenvalue weighted by atomic mass is 10.1. The number of hydrogen-bond acceptors (Lipinski definition) is 5. The van der Waals surface area contributed by atoms with Crippen LogP contribution in [0.25, 0.3) is 33.1 Å². The molecule has 9 heteroatoms. The first-order valence-corrected chi connectivity index (χ1v) is 11.8. The quantitative estimate of drug-likeness (QED) is 0.306. The number of pyridine rings is 1. The average Bonchev–Trinajstić information content (AvgIpc) is 3.14. The van der Waals surface area contributed by atoms with E-state index in [0.717, 1.165) is 5.39 Å². The summed E-state index contributed by atoms with van der Waals surface area (Å²) >= 11 is 6.46. The lowest BCUT2D eigenvalue weighted by Crippen LogP contribution is -2.12. The summed E-state index contributed by atoms with van der Waals surface area (Å²) < 4.78 is 33.5. The normalized spacial score (nSPS) is 11.7. The first-order chi connectivity index (χ1) is 15.9. The molecule has 166 valence electrons. The van der Waals surface area contributed by atoms with Gasteiger partial charge in [-0.3, -0.25) is 4.72 Å². The van der Waals surface area contributed by atoms with E-state index in [4.69, 9.17) is 16.3 Å². The number of hydrogen-bond donors (Lipinski definition) is 3. The van der Waals surface area contributed by atoms with Crippen molar-refractivity contribution in [2.24, 2.45) is 0 Å². The Bertz CT molecular complexity index is 1630. The molecule has 7 nitrogen and oxygen atoms in total. The Hall–Kier alpha value is -3.75. The lowest BCUT2D eigenvalue weighted by molar-refractivity contribution is 0.413. The van der Waals surface area contributed by atoms with Crippen molar-refractivity contribution in [3.63, 3.8) is 0 Å². The molecule has 0 unspecified atom stereocenters. The maximum absolute atomic E-state index is 12.9. The lowest BCUT2D eigenvalue weighted by Gasteiger charge is -2.10. The van der Waals surface area contributed by atoms with Crippen molar-refractivity contribution in [3.05, 3.63) is 77.8 Å². The number of para-hydroxylation sites is 1. The molecule has 2 aromatic heterocycles. The van der Waals surface area contributed by atoms with Gasteiger partial charge in [0.25, 0.3) is 10.0 Å². The van der Waals surface area contributed by atoms with Gasteiger partial charge in [0.05, 0.1) is 33.8 Å². The molecule has 0 fully saturated rings. The number of nitrogens with one attached hydrogen (secondary N) is 2. The third kappa shape index (κ3) is 3.83. The highest BCUT2D eigenvalue weighted by molar-refractivity contribution is 7.92. The summed E-state index contributed by atoms with van der Waals surface area (Å²) in [6.07, 6.45) is 0. The highest BCUT2D eigenvalue weighted by Crippen LogP contribution is 2.39. The van der Waals surface area contributed by atoms with E-state index in [1.807, 2.05) is 24.3 Å². The number of halogens is 1. The molecular weight excluding hydrogens is 462 g/mol. The molecule has 5 aromatic rings. The molecule has 0 aliphatic carbocycles. The molecule has 0 spiro atoms. The second-order valence-corrected chi connectivity index (χ2v) is 9.49. The van der Waals surface area contributed by atoms with Gasteiger partial charge in [-0.25, -0.2) is 13.4 Å². The predicted molar refractivity (Wildman–Crippen MR) is 130 cm³/mol. The first-order valence-electron chi connectivity index (χ1n) is 9.93. The molecule has 0 saturated carbocycles. The molecule has 0 radical (unpaired) electrons. The Morgan fingerprint density at radius 1 is 1.00 bits per heavy atom. The van der Waals surface area contributed by atoms with Gasteiger partial charge < -0.3 is 14.8 Å². The van der Waals surface area contributed by atoms with Gasteiger partial charge in [-0.1, -0.05) is 35.9 Å². The summed E-state index contributed by atoms with van der Waals surface area (Å²) in [7, 11) is -2.39. The number of benzene rings is 3. The number of fused-ring (bicyclic) bond motifs is 2. The van der Waals surface area contributed by atoms with Gasteiger partial charge in [0.15, 0.2) is 5.88 Å². The standard InChI is InChI=1S/C24H18ClN3O4S/c1-32-15-5-4-6-16(12-15)33(30,31)28-14-9-10-21-18(11-14)23(24(29)27-21)22-13-19(25)17-7-2-3-8-20(17)26-22/h2-13,27-29H,1H3. The number of ether oxygens (including phenoxy) is 1. The Kier molecular flexibility index (Phi) is 5.11. The smallest absolute Gasteiger partial charge is 0.262 e. The van der Waals surface area contributed by atoms with Crippen LogP contribution < -0.4 is 9.46 Å². The molecule has 3 N–H and O–H groups in total. The van der Waals surface area contributed by atoms with Crippen molar-refractivity contribution in [3.8, 4) is 22.9 Å². The van der Waals surface area contributed by atoms with E-state index in [2.05, 4.69) is 14.7 Å². The fourth-order valence-corrected chi connectivity index (χ4v) is 5.09. The number of aromatic nitrogens is 2. The molecule has 0 saturated heterocycles. The third-order valence-corrected chi connectivity index (χ3v) is 7.00. The Balaban J connectivity index is 1.60. The summed E-state index contributed by atoms with van der Waals surface area (Å²) in [6, 6.07) is 20.3. The summed E-state index contributed by atoms with van der Waals surface area (Å²) in [5.41, 5.74) is 2.54. The van der Waals surface area contributed by atoms with Crippen LogP contribution in [0.2, 0.25) is 5.02 Å². The summed E-state index contributed by atoms with van der Waals surface area (Å²) in [5.74, 6) is 0.349. The zero-order chi connectivity index (χ0) is 23.2. The van der Waals surface area contributed by atoms with Gasteiger partial charge in [-0.05, 0) is 42.5 Å². The van der Waals surface area contributed by atoms with E-state index in [-0.39, 0.29) is 10.8 Å². The van der Waals surface area contributed by atoms with Crippen molar-refractivity contribution >= 4 is 49.1 Å². The molecule has 2 heterocycles. The second-order valence-electron chi connectivity index (χ2n) is 7.40. The van der Waals surface area contributed by atoms with E-state index in [1.165, 1.54) is 19.2 Å². The average molecular weight is 480 g/mol. The minimum absolute atomic E-state index is 0.0714. The molecule has 33 heavy (non-hydrogen) atoms. The zero-order valence-electron chi connectivity index (χ0n) is 17.3. The van der Waals surface area contributed by atoms with E-state index in [0.29, 0.717) is 44.1 Å². The zero-order valence-corrected chi connectivity index (χ0v) is 18.9. The fourth-order valence-electron chi connectivity index (χ4n) is 3.74. The van der Waals surface area contributed by atoms with Crippen LogP contribution in [0.1, 0.15) is 0 Å². The molecule has 3 aromatic carbocycles. The largest absolute Gasteiger partial charge is 0.497 e. The van der Waals surface area contributed by atoms with Crippen molar-refractivity contribution in [2.75, 3.05) is 11.8 Å². The highest BCUT2D eigenvalue weighted by atomic mass is 35.5. The maximum atomic E-state index is 12.9. The van der Waals surface area contributed by atoms with Crippen molar-refractivity contribution in [1.82, 2.24) is 9.97 Å². The second kappa shape index (κ2) is 7.99. The molecule has 0 aliphatic heterocycles. The van der Waals surface area contributed by atoms with Crippen LogP contribution in [0, 0.1) is 0 Å². The molecule has 0 atom stereocenters. The minimum atomic E-state index is -3.86. The predicted octanol–water partition coefficient (Wildman–Crippen LogP) is 5.55. The van der Waals surface area contributed by atoms with Crippen molar-refractivity contribution < 1.29 is 18.3 Å². The minimum Gasteiger partial charge on any atom is -0.497 e. The van der Waals surface area contributed by atoms with Gasteiger partial charge in [0.1, 0.15) is 5.75 Å². The molecule has 0 bridgehead atoms. The number of methoxy groups -OCH3 is 1. The molecule has 0 aliphatic rings. The Labute approximate surface area is 194 Å². The van der Waals surface area contributed by atoms with E-state index in [9.17, 15) is 13.5 Å². The first kappa shape index (κ1) is 21.1. The molecular formula is C24H18ClN3O4S. The van der Waals surface area contributed by atoms with Gasteiger partial charge in [0, 0.05) is 28.0 Å². The van der Waals surface area contributed by atoms with Gasteiger partial charge >= 0.3 is 0 Å². The number of sulfonamides is 1. The third-order valence-electron chi connectivity index (χ3n) is 5.30. The number of aromatic hydroxyl groups is 1. The van der Waals surface area contributed by atoms with Crippen LogP contribution in [-0.2, 0) is 10.0 Å². The van der Waals surface area contributed by atoms with Gasteiger partial charge in [0.2, 0.25) is 0 Å². The Morgan fingerprint density at radius 3 is 2.64 bits per heavy atom. The van der Waals surface area contributed by atoms with Crippen LogP contribution >= 0.6 is 11.6 Å². The van der Waals surface area contributed by atoms with Gasteiger partial charge in [-0.2, -0.15) is 0 Å². The van der Waals surface area contributed by atoms with Crippen molar-refractivity contribution in [2.45, 2.75) is 4.90 Å². The number of aromatic amines is 1. The van der Waals surface area contributed by atoms with Crippen LogP contribution in [0.4, 0.5) is 5.69 Å². The van der Waals surface area contributed by atoms with E-state index < -0.39 is 10.0 Å². The number of H-pyrrole nitrogens is 1. The van der Waals surface area contributed by atoms with Crippen LogP contribution in [0.3, 0.4) is 0 Å². The summed E-state index contributed by atoms with van der Waals surface area (Å²) in [6.45, 7) is 0. The number of anilines is 1.